The predicted molar refractivity (Wildman–Crippen MR) is 95.8 cm³/mol. The molecule has 14 atom stereocenters. The first-order valence-electron chi connectivity index (χ1n) is 9.99. The van der Waals surface area contributed by atoms with E-state index in [1.165, 1.54) is 0 Å². The highest BCUT2D eigenvalue weighted by atomic mass is 16.8. The highest BCUT2D eigenvalue weighted by Gasteiger charge is 2.54. The summed E-state index contributed by atoms with van der Waals surface area (Å²) >= 11 is 0. The number of rotatable bonds is 6. The number of carboxylic acid groups (broad SMARTS) is 1. The zero-order valence-electron chi connectivity index (χ0n) is 16.9. The lowest BCUT2D eigenvalue weighted by Gasteiger charge is -2.47. The topological polar surface area (TPSA) is 266 Å². The molecule has 192 valence electrons. The van der Waals surface area contributed by atoms with Gasteiger partial charge in [-0.2, -0.15) is 0 Å². The third-order valence-electron chi connectivity index (χ3n) is 5.67. The second-order valence-electron chi connectivity index (χ2n) is 7.93. The molecule has 16 nitrogen and oxygen atoms in total. The summed E-state index contributed by atoms with van der Waals surface area (Å²) < 4.78 is 25.9. The molecule has 3 aliphatic heterocycles. The fourth-order valence-corrected chi connectivity index (χ4v) is 3.73. The van der Waals surface area contributed by atoms with Gasteiger partial charge in [0.1, 0.15) is 61.0 Å². The first-order valence-corrected chi connectivity index (χ1v) is 9.99. The average Bonchev–Trinajstić information content (AvgIpc) is 2.77. The SMILES string of the molecule is O=C(O)C1O[C@@H](O)C(O[C@@H]2OC(CO)[C@H](O)[C@@H](O)C2O)[C@H](O[C@@H]2OC[C@@H](O)[C@@H](O)C2O)[C@@H]1O. The predicted octanol–water partition coefficient (Wildman–Crippen LogP) is -6.84. The molecule has 0 aromatic heterocycles. The van der Waals surface area contributed by atoms with Crippen molar-refractivity contribution in [2.24, 2.45) is 0 Å². The highest BCUT2D eigenvalue weighted by Crippen LogP contribution is 2.32. The summed E-state index contributed by atoms with van der Waals surface area (Å²) in [6, 6.07) is 0. The van der Waals surface area contributed by atoms with Crippen molar-refractivity contribution in [3.8, 4) is 0 Å². The maximum Gasteiger partial charge on any atom is 0.335 e. The molecule has 0 bridgehead atoms. The van der Waals surface area contributed by atoms with E-state index >= 15 is 0 Å². The Labute approximate surface area is 185 Å². The molecule has 0 aromatic rings. The highest BCUT2D eigenvalue weighted by molar-refractivity contribution is 5.73. The molecule has 0 aliphatic carbocycles. The lowest BCUT2D eigenvalue weighted by Crippen LogP contribution is -2.66. The van der Waals surface area contributed by atoms with E-state index in [0.29, 0.717) is 0 Å². The quantitative estimate of drug-likeness (QED) is 0.166. The number of carboxylic acids is 1. The van der Waals surface area contributed by atoms with Crippen LogP contribution in [0.2, 0.25) is 0 Å². The minimum atomic E-state index is -2.12. The molecule has 0 radical (unpaired) electrons. The summed E-state index contributed by atoms with van der Waals surface area (Å²) in [4.78, 5) is 11.4. The molecule has 10 N–H and O–H groups in total. The summed E-state index contributed by atoms with van der Waals surface area (Å²) in [6.45, 7) is -1.29. The fraction of sp³-hybridized carbons (Fsp3) is 0.941. The van der Waals surface area contributed by atoms with Gasteiger partial charge in [-0.25, -0.2) is 4.79 Å². The van der Waals surface area contributed by atoms with Crippen LogP contribution in [-0.4, -0.2) is 156 Å². The van der Waals surface area contributed by atoms with Gasteiger partial charge >= 0.3 is 5.97 Å². The second kappa shape index (κ2) is 10.7. The molecule has 0 aromatic carbocycles. The van der Waals surface area contributed by atoms with Crippen LogP contribution in [0.4, 0.5) is 0 Å². The van der Waals surface area contributed by atoms with Crippen LogP contribution in [0, 0.1) is 0 Å². The first kappa shape index (κ1) is 26.5. The molecule has 3 heterocycles. The minimum Gasteiger partial charge on any atom is -0.479 e. The van der Waals surface area contributed by atoms with Gasteiger partial charge in [-0.1, -0.05) is 0 Å². The van der Waals surface area contributed by atoms with Crippen LogP contribution in [0.1, 0.15) is 0 Å². The molecule has 3 aliphatic rings. The van der Waals surface area contributed by atoms with Crippen molar-refractivity contribution in [2.45, 2.75) is 86.0 Å². The van der Waals surface area contributed by atoms with Crippen LogP contribution in [0.15, 0.2) is 0 Å². The number of aliphatic hydroxyl groups excluding tert-OH is 9. The average molecular weight is 488 g/mol. The van der Waals surface area contributed by atoms with Crippen molar-refractivity contribution in [1.82, 2.24) is 0 Å². The van der Waals surface area contributed by atoms with Gasteiger partial charge in [0.15, 0.2) is 25.0 Å². The smallest absolute Gasteiger partial charge is 0.335 e. The van der Waals surface area contributed by atoms with E-state index in [1.54, 1.807) is 0 Å². The number of hydrogen-bond acceptors (Lipinski definition) is 15. The van der Waals surface area contributed by atoms with Gasteiger partial charge in [0, 0.05) is 0 Å². The molecule has 0 amide bonds. The summed E-state index contributed by atoms with van der Waals surface area (Å²) in [6.07, 6.45) is -25.3. The van der Waals surface area contributed by atoms with Gasteiger partial charge in [0.25, 0.3) is 0 Å². The Morgan fingerprint density at radius 2 is 1.36 bits per heavy atom. The largest absolute Gasteiger partial charge is 0.479 e. The number of carbonyl (C=O) groups is 1. The minimum absolute atomic E-state index is 0.495. The van der Waals surface area contributed by atoms with E-state index in [2.05, 4.69) is 0 Å². The van der Waals surface area contributed by atoms with Crippen molar-refractivity contribution in [2.75, 3.05) is 13.2 Å². The summed E-state index contributed by atoms with van der Waals surface area (Å²) in [5, 5.41) is 98.8. The van der Waals surface area contributed by atoms with E-state index in [0.717, 1.165) is 0 Å². The van der Waals surface area contributed by atoms with Crippen molar-refractivity contribution >= 4 is 5.97 Å². The van der Waals surface area contributed by atoms with E-state index in [4.69, 9.17) is 23.7 Å². The Balaban J connectivity index is 1.83. The molecule has 33 heavy (non-hydrogen) atoms. The molecular formula is C17H28O16. The van der Waals surface area contributed by atoms with Crippen molar-refractivity contribution in [1.29, 1.82) is 0 Å². The molecule has 3 fully saturated rings. The fourth-order valence-electron chi connectivity index (χ4n) is 3.73. The van der Waals surface area contributed by atoms with Crippen LogP contribution < -0.4 is 0 Å². The van der Waals surface area contributed by atoms with Gasteiger partial charge in [-0.15, -0.1) is 0 Å². The van der Waals surface area contributed by atoms with Gasteiger partial charge in [-0.3, -0.25) is 0 Å². The second-order valence-corrected chi connectivity index (χ2v) is 7.93. The summed E-state index contributed by atoms with van der Waals surface area (Å²) in [7, 11) is 0. The van der Waals surface area contributed by atoms with Crippen LogP contribution >= 0.6 is 0 Å². The molecule has 3 rings (SSSR count). The van der Waals surface area contributed by atoms with Crippen LogP contribution in [-0.2, 0) is 28.5 Å². The lowest BCUT2D eigenvalue weighted by atomic mass is 9.96. The third-order valence-corrected chi connectivity index (χ3v) is 5.67. The standard InChI is InChI=1S/C17H28O16/c18-1-4-6(21)7(22)9(24)17(30-4)33-13-11(10(25)12(14(26)27)31-15(13)28)32-16-8(23)5(20)3(19)2-29-16/h3-13,15-25,28H,1-2H2,(H,26,27)/t3-,4?,5-,6+,7-,8?,9?,10+,11-,12?,13?,15-,16+,17+/m1/s1. The normalized spacial score (nSPS) is 51.3. The summed E-state index contributed by atoms with van der Waals surface area (Å²) in [5.41, 5.74) is 0. The molecule has 16 heteroatoms. The van der Waals surface area contributed by atoms with Gasteiger partial charge < -0.3 is 74.7 Å². The monoisotopic (exact) mass is 488 g/mol. The van der Waals surface area contributed by atoms with E-state index < -0.39 is 105 Å². The number of ether oxygens (including phenoxy) is 5. The maximum atomic E-state index is 11.4. The van der Waals surface area contributed by atoms with Crippen molar-refractivity contribution in [3.05, 3.63) is 0 Å². The van der Waals surface area contributed by atoms with Gasteiger partial charge in [0.2, 0.25) is 0 Å². The zero-order chi connectivity index (χ0) is 24.6. The van der Waals surface area contributed by atoms with Crippen molar-refractivity contribution < 1.29 is 79.5 Å². The van der Waals surface area contributed by atoms with Crippen LogP contribution in [0.25, 0.3) is 0 Å². The van der Waals surface area contributed by atoms with Gasteiger partial charge in [-0.05, 0) is 0 Å². The Hall–Kier alpha value is -1.09. The van der Waals surface area contributed by atoms with Crippen LogP contribution in [0.3, 0.4) is 0 Å². The van der Waals surface area contributed by atoms with E-state index in [1.807, 2.05) is 0 Å². The molecule has 0 spiro atoms. The molecule has 0 saturated carbocycles. The number of hydrogen-bond donors (Lipinski definition) is 10. The number of aliphatic hydroxyl groups is 9. The zero-order valence-corrected chi connectivity index (χ0v) is 16.9. The summed E-state index contributed by atoms with van der Waals surface area (Å²) in [5.74, 6) is -1.69. The van der Waals surface area contributed by atoms with E-state index in [9.17, 15) is 55.9 Å². The molecule has 5 unspecified atom stereocenters. The van der Waals surface area contributed by atoms with E-state index in [-0.39, 0.29) is 0 Å². The maximum absolute atomic E-state index is 11.4. The molecular weight excluding hydrogens is 460 g/mol. The van der Waals surface area contributed by atoms with Gasteiger partial charge in [0.05, 0.1) is 13.2 Å². The Morgan fingerprint density at radius 3 is 1.97 bits per heavy atom. The third kappa shape index (κ3) is 5.29. The van der Waals surface area contributed by atoms with Crippen LogP contribution in [0.5, 0.6) is 0 Å². The van der Waals surface area contributed by atoms with Crippen molar-refractivity contribution in [3.63, 3.8) is 0 Å². The first-order chi connectivity index (χ1) is 15.5. The Bertz CT molecular complexity index is 663. The Kier molecular flexibility index (Phi) is 8.57. The molecule has 3 saturated heterocycles. The number of aliphatic carboxylic acids is 1. The Morgan fingerprint density at radius 1 is 0.758 bits per heavy atom. The lowest BCUT2D eigenvalue weighted by molar-refractivity contribution is -0.379.